The van der Waals surface area contributed by atoms with Gasteiger partial charge in [0, 0.05) is 6.42 Å². The molecule has 0 fully saturated rings. The van der Waals surface area contributed by atoms with Crippen LogP contribution in [0.2, 0.25) is 0 Å². The fraction of sp³-hybridized carbons (Fsp3) is 1.00. The topological polar surface area (TPSA) is 0 Å². The van der Waals surface area contributed by atoms with Gasteiger partial charge in [0.25, 0.3) is 0 Å². The number of halogens is 2. The fourth-order valence-corrected chi connectivity index (χ4v) is 0.553. The second-order valence-corrected chi connectivity index (χ2v) is 2.85. The van der Waals surface area contributed by atoms with Crippen molar-refractivity contribution >= 4 is 0 Å². The third kappa shape index (κ3) is 4.37. The number of rotatable bonds is 3. The molecule has 0 aromatic heterocycles. The Morgan fingerprint density at radius 2 is 1.56 bits per heavy atom. The Bertz CT molecular complexity index is 69.3. The normalized spacial score (nSPS) is 15.0. The Balaban J connectivity index is 3.38. The van der Waals surface area contributed by atoms with E-state index in [-0.39, 0.29) is 12.3 Å². The summed E-state index contributed by atoms with van der Waals surface area (Å²) < 4.78 is 23.3. The average Bonchev–Trinajstić information content (AvgIpc) is 1.63. The molecule has 9 heavy (non-hydrogen) atoms. The monoisotopic (exact) mass is 136 g/mol. The van der Waals surface area contributed by atoms with Crippen molar-refractivity contribution in [2.24, 2.45) is 11.8 Å². The molecule has 0 aliphatic carbocycles. The van der Waals surface area contributed by atoms with Gasteiger partial charge >= 0.3 is 0 Å². The predicted molar refractivity (Wildman–Crippen MR) is 34.6 cm³/mol. The molecule has 0 radical (unpaired) electrons. The number of alkyl halides is 2. The summed E-state index contributed by atoms with van der Waals surface area (Å²) in [5, 5.41) is 0. The molecule has 0 saturated carbocycles. The first-order valence-corrected chi connectivity index (χ1v) is 3.32. The Labute approximate surface area is 55.3 Å². The van der Waals surface area contributed by atoms with E-state index in [2.05, 4.69) is 0 Å². The van der Waals surface area contributed by atoms with E-state index >= 15 is 0 Å². The third-order valence-electron chi connectivity index (χ3n) is 1.69. The maximum atomic E-state index is 11.6. The van der Waals surface area contributed by atoms with Crippen molar-refractivity contribution in [3.05, 3.63) is 0 Å². The van der Waals surface area contributed by atoms with Crippen LogP contribution in [0, 0.1) is 11.8 Å². The van der Waals surface area contributed by atoms with Gasteiger partial charge in [-0.2, -0.15) is 0 Å². The van der Waals surface area contributed by atoms with Gasteiger partial charge in [0.2, 0.25) is 6.43 Å². The van der Waals surface area contributed by atoms with Crippen molar-refractivity contribution in [2.75, 3.05) is 0 Å². The second kappa shape index (κ2) is 3.80. The molecule has 56 valence electrons. The largest absolute Gasteiger partial charge is 0.238 e. The molecule has 0 rings (SSSR count). The molecule has 0 aromatic carbocycles. The summed E-state index contributed by atoms with van der Waals surface area (Å²) in [7, 11) is 0. The smallest absolute Gasteiger partial charge is 0.211 e. The van der Waals surface area contributed by atoms with E-state index in [1.165, 1.54) is 0 Å². The zero-order valence-corrected chi connectivity index (χ0v) is 6.20. The number of hydrogen-bond donors (Lipinski definition) is 0. The molecular weight excluding hydrogens is 122 g/mol. The SMILES string of the molecule is CC(C)[C@@H](C)CC(F)F. The van der Waals surface area contributed by atoms with E-state index in [9.17, 15) is 8.78 Å². The van der Waals surface area contributed by atoms with Gasteiger partial charge in [-0.05, 0) is 11.8 Å². The molecular formula is C7H14F2. The molecule has 0 aromatic rings. The first-order chi connectivity index (χ1) is 4.04. The summed E-state index contributed by atoms with van der Waals surface area (Å²) >= 11 is 0. The van der Waals surface area contributed by atoms with Crippen LogP contribution in [0.15, 0.2) is 0 Å². The van der Waals surface area contributed by atoms with Crippen molar-refractivity contribution in [3.63, 3.8) is 0 Å². The summed E-state index contributed by atoms with van der Waals surface area (Å²) in [5.41, 5.74) is 0. The Kier molecular flexibility index (Phi) is 3.75. The van der Waals surface area contributed by atoms with E-state index in [1.807, 2.05) is 20.8 Å². The van der Waals surface area contributed by atoms with Crippen LogP contribution in [0.25, 0.3) is 0 Å². The van der Waals surface area contributed by atoms with Gasteiger partial charge in [0.15, 0.2) is 0 Å². The molecule has 0 N–H and O–H groups in total. The lowest BCUT2D eigenvalue weighted by Gasteiger charge is -2.13. The molecule has 0 unspecified atom stereocenters. The van der Waals surface area contributed by atoms with E-state index < -0.39 is 6.43 Å². The highest BCUT2D eigenvalue weighted by Gasteiger charge is 2.12. The first kappa shape index (κ1) is 8.86. The lowest BCUT2D eigenvalue weighted by Crippen LogP contribution is -2.08. The Morgan fingerprint density at radius 3 is 1.67 bits per heavy atom. The lowest BCUT2D eigenvalue weighted by atomic mass is 9.95. The van der Waals surface area contributed by atoms with Crippen LogP contribution in [0.5, 0.6) is 0 Å². The van der Waals surface area contributed by atoms with Gasteiger partial charge in [-0.1, -0.05) is 20.8 Å². The molecule has 0 amide bonds. The van der Waals surface area contributed by atoms with E-state index in [4.69, 9.17) is 0 Å². The maximum absolute atomic E-state index is 11.6. The molecule has 0 heterocycles. The van der Waals surface area contributed by atoms with Crippen LogP contribution >= 0.6 is 0 Å². The zero-order chi connectivity index (χ0) is 7.44. The van der Waals surface area contributed by atoms with E-state index in [0.29, 0.717) is 5.92 Å². The summed E-state index contributed by atoms with van der Waals surface area (Å²) in [4.78, 5) is 0. The predicted octanol–water partition coefficient (Wildman–Crippen LogP) is 2.93. The van der Waals surface area contributed by atoms with Crippen LogP contribution in [0.1, 0.15) is 27.2 Å². The minimum Gasteiger partial charge on any atom is -0.211 e. The Hall–Kier alpha value is -0.140. The van der Waals surface area contributed by atoms with Gasteiger partial charge in [0.1, 0.15) is 0 Å². The Morgan fingerprint density at radius 1 is 1.11 bits per heavy atom. The lowest BCUT2D eigenvalue weighted by molar-refractivity contribution is 0.107. The zero-order valence-electron chi connectivity index (χ0n) is 6.20. The van der Waals surface area contributed by atoms with Crippen molar-refractivity contribution in [1.29, 1.82) is 0 Å². The first-order valence-electron chi connectivity index (χ1n) is 3.32. The molecule has 2 heteroatoms. The van der Waals surface area contributed by atoms with Gasteiger partial charge < -0.3 is 0 Å². The van der Waals surface area contributed by atoms with Crippen LogP contribution in [-0.2, 0) is 0 Å². The standard InChI is InChI=1S/C7H14F2/c1-5(2)6(3)4-7(8)9/h5-7H,4H2,1-3H3/t6-/m0/s1. The minimum absolute atomic E-state index is 0.0394. The molecule has 1 atom stereocenters. The summed E-state index contributed by atoms with van der Waals surface area (Å²) in [5.74, 6) is 0.518. The van der Waals surface area contributed by atoms with E-state index in [1.54, 1.807) is 0 Å². The van der Waals surface area contributed by atoms with Crippen molar-refractivity contribution in [2.45, 2.75) is 33.6 Å². The molecule has 0 nitrogen and oxygen atoms in total. The van der Waals surface area contributed by atoms with E-state index in [0.717, 1.165) is 0 Å². The molecule has 0 aliphatic rings. The van der Waals surface area contributed by atoms with Crippen molar-refractivity contribution in [1.82, 2.24) is 0 Å². The van der Waals surface area contributed by atoms with Gasteiger partial charge in [-0.25, -0.2) is 8.78 Å². The van der Waals surface area contributed by atoms with Crippen LogP contribution in [0.4, 0.5) is 8.78 Å². The van der Waals surface area contributed by atoms with Crippen molar-refractivity contribution < 1.29 is 8.78 Å². The fourth-order valence-electron chi connectivity index (χ4n) is 0.553. The average molecular weight is 136 g/mol. The van der Waals surface area contributed by atoms with Gasteiger partial charge in [0.05, 0.1) is 0 Å². The van der Waals surface area contributed by atoms with Crippen LogP contribution in [-0.4, -0.2) is 6.43 Å². The summed E-state index contributed by atoms with van der Waals surface area (Å²) in [6.45, 7) is 5.79. The summed E-state index contributed by atoms with van der Waals surface area (Å²) in [6, 6.07) is 0. The summed E-state index contributed by atoms with van der Waals surface area (Å²) in [6.07, 6.45) is -2.10. The van der Waals surface area contributed by atoms with Gasteiger partial charge in [-0.15, -0.1) is 0 Å². The van der Waals surface area contributed by atoms with Gasteiger partial charge in [-0.3, -0.25) is 0 Å². The van der Waals surface area contributed by atoms with Crippen LogP contribution < -0.4 is 0 Å². The maximum Gasteiger partial charge on any atom is 0.238 e. The third-order valence-corrected chi connectivity index (χ3v) is 1.69. The highest BCUT2D eigenvalue weighted by atomic mass is 19.3. The molecule has 0 bridgehead atoms. The molecule has 0 aliphatic heterocycles. The van der Waals surface area contributed by atoms with Crippen molar-refractivity contribution in [3.8, 4) is 0 Å². The van der Waals surface area contributed by atoms with Crippen LogP contribution in [0.3, 0.4) is 0 Å². The minimum atomic E-state index is -2.14. The quantitative estimate of drug-likeness (QED) is 0.559. The molecule has 0 spiro atoms. The molecule has 0 saturated heterocycles. The highest BCUT2D eigenvalue weighted by Crippen LogP contribution is 2.17. The highest BCUT2D eigenvalue weighted by molar-refractivity contribution is 4.57. The second-order valence-electron chi connectivity index (χ2n) is 2.85. The number of hydrogen-bond acceptors (Lipinski definition) is 0.